The molecule has 2 fully saturated rings. The third-order valence-corrected chi connectivity index (χ3v) is 3.48. The predicted octanol–water partition coefficient (Wildman–Crippen LogP) is 1.49. The molecule has 1 aliphatic carbocycles. The quantitative estimate of drug-likeness (QED) is 0.775. The normalized spacial score (nSPS) is 24.0. The highest BCUT2D eigenvalue weighted by Crippen LogP contribution is 2.36. The van der Waals surface area contributed by atoms with Crippen LogP contribution in [0.2, 0.25) is 0 Å². The third-order valence-electron chi connectivity index (χ3n) is 3.48. The van der Waals surface area contributed by atoms with Crippen LogP contribution in [-0.2, 0) is 4.79 Å². The molecule has 94 valence electrons. The van der Waals surface area contributed by atoms with E-state index in [1.165, 1.54) is 4.90 Å². The lowest BCUT2D eigenvalue weighted by Gasteiger charge is -2.31. The summed E-state index contributed by atoms with van der Waals surface area (Å²) in [5.74, 6) is 0.335. The van der Waals surface area contributed by atoms with Crippen molar-refractivity contribution in [3.05, 3.63) is 24.3 Å². The van der Waals surface area contributed by atoms with E-state index in [9.17, 15) is 9.59 Å². The maximum Gasteiger partial charge on any atom is 0.328 e. The van der Waals surface area contributed by atoms with Crippen LogP contribution in [-0.4, -0.2) is 18.0 Å². The van der Waals surface area contributed by atoms with Gasteiger partial charge in [0.2, 0.25) is 5.91 Å². The number of hydrogen-bond acceptors (Lipinski definition) is 3. The largest absolute Gasteiger partial charge is 0.399 e. The Morgan fingerprint density at radius 2 is 2.06 bits per heavy atom. The molecule has 5 heteroatoms. The number of urea groups is 1. The van der Waals surface area contributed by atoms with Crippen molar-refractivity contribution in [1.82, 2.24) is 5.32 Å². The van der Waals surface area contributed by atoms with Gasteiger partial charge in [-0.2, -0.15) is 0 Å². The number of benzene rings is 1. The summed E-state index contributed by atoms with van der Waals surface area (Å²) in [4.78, 5) is 25.3. The van der Waals surface area contributed by atoms with Crippen LogP contribution in [0.4, 0.5) is 16.2 Å². The minimum Gasteiger partial charge on any atom is -0.399 e. The lowest BCUT2D eigenvalue weighted by Crippen LogP contribution is -2.55. The van der Waals surface area contributed by atoms with Crippen LogP contribution < -0.4 is 16.0 Å². The van der Waals surface area contributed by atoms with Crippen molar-refractivity contribution in [2.24, 2.45) is 5.92 Å². The van der Waals surface area contributed by atoms with Crippen molar-refractivity contribution in [3.63, 3.8) is 0 Å². The fraction of sp³-hybridized carbons (Fsp3) is 0.385. The monoisotopic (exact) mass is 245 g/mol. The lowest BCUT2D eigenvalue weighted by atomic mass is 10.1. The molecule has 1 aromatic carbocycles. The molecule has 3 rings (SSSR count). The Morgan fingerprint density at radius 1 is 1.28 bits per heavy atom. The van der Waals surface area contributed by atoms with Gasteiger partial charge in [0, 0.05) is 18.2 Å². The average Bonchev–Trinajstić information content (AvgIpc) is 3.11. The molecule has 1 unspecified atom stereocenters. The molecule has 1 saturated heterocycles. The van der Waals surface area contributed by atoms with E-state index in [0.717, 1.165) is 12.8 Å². The smallest absolute Gasteiger partial charge is 0.328 e. The highest BCUT2D eigenvalue weighted by molar-refractivity contribution is 6.16. The maximum atomic E-state index is 12.1. The van der Waals surface area contributed by atoms with Crippen LogP contribution in [0.25, 0.3) is 0 Å². The second-order valence-electron chi connectivity index (χ2n) is 4.92. The van der Waals surface area contributed by atoms with Crippen molar-refractivity contribution < 1.29 is 9.59 Å². The van der Waals surface area contributed by atoms with E-state index in [1.807, 2.05) is 0 Å². The highest BCUT2D eigenvalue weighted by Gasteiger charge is 2.40. The SMILES string of the molecule is Nc1cccc(N2C(=O)CC(C3CC3)NC2=O)c1. The van der Waals surface area contributed by atoms with Crippen LogP contribution in [0.3, 0.4) is 0 Å². The van der Waals surface area contributed by atoms with Gasteiger partial charge in [0.1, 0.15) is 0 Å². The molecule has 3 N–H and O–H groups in total. The summed E-state index contributed by atoms with van der Waals surface area (Å²) in [5, 5.41) is 2.90. The second kappa shape index (κ2) is 4.01. The summed E-state index contributed by atoms with van der Waals surface area (Å²) >= 11 is 0. The molecule has 5 nitrogen and oxygen atoms in total. The van der Waals surface area contributed by atoms with Gasteiger partial charge in [-0.25, -0.2) is 9.69 Å². The Labute approximate surface area is 105 Å². The number of carbonyl (C=O) groups excluding carboxylic acids is 2. The molecule has 0 bridgehead atoms. The molecule has 1 saturated carbocycles. The van der Waals surface area contributed by atoms with E-state index in [4.69, 9.17) is 5.73 Å². The second-order valence-corrected chi connectivity index (χ2v) is 4.92. The molecule has 0 radical (unpaired) electrons. The summed E-state index contributed by atoms with van der Waals surface area (Å²) in [5.41, 5.74) is 6.75. The number of rotatable bonds is 2. The maximum absolute atomic E-state index is 12.1. The zero-order valence-electron chi connectivity index (χ0n) is 9.93. The van der Waals surface area contributed by atoms with E-state index in [0.29, 0.717) is 23.7 Å². The van der Waals surface area contributed by atoms with Gasteiger partial charge < -0.3 is 11.1 Å². The van der Waals surface area contributed by atoms with Gasteiger partial charge in [-0.3, -0.25) is 4.79 Å². The molecule has 2 aliphatic rings. The van der Waals surface area contributed by atoms with Crippen LogP contribution in [0.1, 0.15) is 19.3 Å². The predicted molar refractivity (Wildman–Crippen MR) is 68.0 cm³/mol. The van der Waals surface area contributed by atoms with Gasteiger partial charge in [0.25, 0.3) is 0 Å². The van der Waals surface area contributed by atoms with Gasteiger partial charge in [-0.1, -0.05) is 6.07 Å². The first kappa shape index (κ1) is 11.1. The fourth-order valence-corrected chi connectivity index (χ4v) is 2.38. The third kappa shape index (κ3) is 1.92. The molecule has 18 heavy (non-hydrogen) atoms. The average molecular weight is 245 g/mol. The van der Waals surface area contributed by atoms with E-state index >= 15 is 0 Å². The molecule has 1 atom stereocenters. The Bertz CT molecular complexity index is 493. The Balaban J connectivity index is 1.84. The number of anilines is 2. The van der Waals surface area contributed by atoms with Gasteiger partial charge in [-0.15, -0.1) is 0 Å². The molecule has 1 heterocycles. The Kier molecular flexibility index (Phi) is 2.47. The van der Waals surface area contributed by atoms with Gasteiger partial charge in [0.15, 0.2) is 0 Å². The van der Waals surface area contributed by atoms with Crippen LogP contribution in [0.15, 0.2) is 24.3 Å². The zero-order chi connectivity index (χ0) is 12.7. The number of nitrogens with zero attached hydrogens (tertiary/aromatic N) is 1. The number of nitrogens with two attached hydrogens (primary N) is 1. The summed E-state index contributed by atoms with van der Waals surface area (Å²) in [7, 11) is 0. The Morgan fingerprint density at radius 3 is 2.67 bits per heavy atom. The molecule has 0 spiro atoms. The zero-order valence-corrected chi connectivity index (χ0v) is 9.93. The molecule has 0 aromatic heterocycles. The fourth-order valence-electron chi connectivity index (χ4n) is 2.38. The van der Waals surface area contributed by atoms with E-state index < -0.39 is 0 Å². The number of amides is 3. The standard InChI is InChI=1S/C13H15N3O2/c14-9-2-1-3-10(6-9)16-12(17)7-11(8-4-5-8)15-13(16)18/h1-3,6,8,11H,4-5,7,14H2,(H,15,18). The van der Waals surface area contributed by atoms with E-state index in [-0.39, 0.29) is 18.0 Å². The molecular weight excluding hydrogens is 230 g/mol. The number of nitrogens with one attached hydrogen (secondary N) is 1. The first-order valence-electron chi connectivity index (χ1n) is 6.14. The van der Waals surface area contributed by atoms with Crippen molar-refractivity contribution >= 4 is 23.3 Å². The Hall–Kier alpha value is -2.04. The van der Waals surface area contributed by atoms with Crippen molar-refractivity contribution in [3.8, 4) is 0 Å². The summed E-state index contributed by atoms with van der Waals surface area (Å²) < 4.78 is 0. The first-order chi connectivity index (χ1) is 8.65. The summed E-state index contributed by atoms with van der Waals surface area (Å²) in [6.45, 7) is 0. The topological polar surface area (TPSA) is 75.4 Å². The number of imide groups is 1. The first-order valence-corrected chi connectivity index (χ1v) is 6.14. The molecule has 1 aliphatic heterocycles. The number of carbonyl (C=O) groups is 2. The summed E-state index contributed by atoms with van der Waals surface area (Å²) in [6, 6.07) is 6.48. The molecule has 1 aromatic rings. The van der Waals surface area contributed by atoms with Crippen LogP contribution in [0, 0.1) is 5.92 Å². The van der Waals surface area contributed by atoms with Crippen LogP contribution in [0.5, 0.6) is 0 Å². The summed E-state index contributed by atoms with van der Waals surface area (Å²) in [6.07, 6.45) is 2.60. The van der Waals surface area contributed by atoms with Crippen LogP contribution >= 0.6 is 0 Å². The van der Waals surface area contributed by atoms with Gasteiger partial charge >= 0.3 is 6.03 Å². The van der Waals surface area contributed by atoms with Gasteiger partial charge in [-0.05, 0) is 37.0 Å². The minimum atomic E-state index is -0.339. The number of nitrogen functional groups attached to an aromatic ring is 1. The molecular formula is C13H15N3O2. The van der Waals surface area contributed by atoms with Gasteiger partial charge in [0.05, 0.1) is 5.69 Å². The van der Waals surface area contributed by atoms with Crippen molar-refractivity contribution in [2.75, 3.05) is 10.6 Å². The van der Waals surface area contributed by atoms with Crippen molar-refractivity contribution in [1.29, 1.82) is 0 Å². The lowest BCUT2D eigenvalue weighted by molar-refractivity contribution is -0.119. The van der Waals surface area contributed by atoms with E-state index in [1.54, 1.807) is 24.3 Å². The molecule has 3 amide bonds. The number of hydrogen-bond donors (Lipinski definition) is 2. The van der Waals surface area contributed by atoms with Crippen molar-refractivity contribution in [2.45, 2.75) is 25.3 Å². The minimum absolute atomic E-state index is 0.0160. The highest BCUT2D eigenvalue weighted by atomic mass is 16.2. The van der Waals surface area contributed by atoms with E-state index in [2.05, 4.69) is 5.32 Å².